The van der Waals surface area contributed by atoms with Crippen molar-refractivity contribution in [3.8, 4) is 6.07 Å². The van der Waals surface area contributed by atoms with Crippen LogP contribution in [0.3, 0.4) is 0 Å². The van der Waals surface area contributed by atoms with Crippen LogP contribution in [0.1, 0.15) is 32.6 Å². The lowest BCUT2D eigenvalue weighted by atomic mass is 9.83. The second-order valence-corrected chi connectivity index (χ2v) is 7.59. The highest BCUT2D eigenvalue weighted by molar-refractivity contribution is 7.93. The smallest absolute Gasteiger partial charge is 0.200 e. The van der Waals surface area contributed by atoms with Crippen LogP contribution in [0.25, 0.3) is 0 Å². The van der Waals surface area contributed by atoms with Gasteiger partial charge >= 0.3 is 0 Å². The number of nitrogens with zero attached hydrogens (tertiary/aromatic N) is 1. The normalized spacial score (nSPS) is 27.0. The molecule has 2 rings (SSSR count). The molecule has 0 radical (unpaired) electrons. The van der Waals surface area contributed by atoms with E-state index in [1.807, 2.05) is 13.0 Å². The first-order chi connectivity index (χ1) is 9.32. The monoisotopic (exact) mass is 299 g/mol. The molecule has 1 fully saturated rings. The van der Waals surface area contributed by atoms with E-state index in [0.29, 0.717) is 24.8 Å². The molecular formula is C14H15F2NO2S. The van der Waals surface area contributed by atoms with Crippen molar-refractivity contribution in [3.63, 3.8) is 0 Å². The van der Waals surface area contributed by atoms with Crippen LogP contribution in [0.5, 0.6) is 0 Å². The maximum atomic E-state index is 13.7. The van der Waals surface area contributed by atoms with Gasteiger partial charge in [0, 0.05) is 0 Å². The van der Waals surface area contributed by atoms with Gasteiger partial charge < -0.3 is 0 Å². The Kier molecular flexibility index (Phi) is 3.83. The molecule has 20 heavy (non-hydrogen) atoms. The molecule has 3 nitrogen and oxygen atoms in total. The Morgan fingerprint density at radius 2 is 1.90 bits per heavy atom. The van der Waals surface area contributed by atoms with Gasteiger partial charge in [-0.1, -0.05) is 6.92 Å². The van der Waals surface area contributed by atoms with E-state index >= 15 is 0 Å². The molecule has 0 unspecified atom stereocenters. The molecule has 1 aliphatic rings. The van der Waals surface area contributed by atoms with Crippen LogP contribution < -0.4 is 0 Å². The lowest BCUT2D eigenvalue weighted by Gasteiger charge is -2.33. The summed E-state index contributed by atoms with van der Waals surface area (Å²) in [5.41, 5.74) is 0. The first kappa shape index (κ1) is 14.9. The van der Waals surface area contributed by atoms with Crippen molar-refractivity contribution in [3.05, 3.63) is 29.8 Å². The molecule has 0 amide bonds. The molecule has 0 heterocycles. The van der Waals surface area contributed by atoms with E-state index in [2.05, 4.69) is 0 Å². The molecule has 0 N–H and O–H groups in total. The number of rotatable bonds is 2. The minimum atomic E-state index is -4.23. The summed E-state index contributed by atoms with van der Waals surface area (Å²) in [5.74, 6) is -1.51. The van der Waals surface area contributed by atoms with Crippen molar-refractivity contribution in [2.75, 3.05) is 0 Å². The molecule has 0 spiro atoms. The van der Waals surface area contributed by atoms with E-state index in [9.17, 15) is 22.5 Å². The summed E-state index contributed by atoms with van der Waals surface area (Å²) in [5, 5.41) is 9.34. The SMILES string of the molecule is CC1CCC(C#N)(S(=O)(=O)c2cc(F)ccc2F)CC1. The van der Waals surface area contributed by atoms with Crippen LogP contribution in [0.4, 0.5) is 8.78 Å². The van der Waals surface area contributed by atoms with E-state index < -0.39 is 31.1 Å². The van der Waals surface area contributed by atoms with Gasteiger partial charge in [-0.15, -0.1) is 0 Å². The molecule has 0 aliphatic heterocycles. The lowest BCUT2D eigenvalue weighted by Crippen LogP contribution is -2.41. The van der Waals surface area contributed by atoms with Gasteiger partial charge in [0.15, 0.2) is 14.6 Å². The average molecular weight is 299 g/mol. The Bertz CT molecular complexity index is 656. The Balaban J connectivity index is 2.53. The van der Waals surface area contributed by atoms with Crippen molar-refractivity contribution in [1.29, 1.82) is 5.26 Å². The molecule has 1 aliphatic carbocycles. The second kappa shape index (κ2) is 5.13. The quantitative estimate of drug-likeness (QED) is 0.842. The number of hydrogen-bond donors (Lipinski definition) is 0. The Morgan fingerprint density at radius 3 is 2.45 bits per heavy atom. The summed E-state index contributed by atoms with van der Waals surface area (Å²) in [6.07, 6.45) is 1.49. The zero-order valence-electron chi connectivity index (χ0n) is 11.1. The molecule has 0 saturated heterocycles. The molecule has 0 aromatic heterocycles. The molecule has 1 aromatic carbocycles. The van der Waals surface area contributed by atoms with Crippen LogP contribution in [-0.2, 0) is 9.84 Å². The molecule has 1 aromatic rings. The van der Waals surface area contributed by atoms with Gasteiger partial charge in [-0.2, -0.15) is 5.26 Å². The second-order valence-electron chi connectivity index (χ2n) is 5.37. The third-order valence-electron chi connectivity index (χ3n) is 3.98. The highest BCUT2D eigenvalue weighted by Gasteiger charge is 2.48. The maximum absolute atomic E-state index is 13.7. The minimum absolute atomic E-state index is 0.156. The summed E-state index contributed by atoms with van der Waals surface area (Å²) < 4.78 is 50.5. The topological polar surface area (TPSA) is 57.9 Å². The van der Waals surface area contributed by atoms with Gasteiger partial charge in [-0.25, -0.2) is 17.2 Å². The van der Waals surface area contributed by atoms with Crippen LogP contribution in [0.2, 0.25) is 0 Å². The first-order valence-corrected chi connectivity index (χ1v) is 7.92. The van der Waals surface area contributed by atoms with Crippen molar-refractivity contribution in [1.82, 2.24) is 0 Å². The zero-order chi connectivity index (χ0) is 15.0. The Morgan fingerprint density at radius 1 is 1.30 bits per heavy atom. The summed E-state index contributed by atoms with van der Waals surface area (Å²) in [4.78, 5) is -0.714. The summed E-state index contributed by atoms with van der Waals surface area (Å²) in [6, 6.07) is 4.13. The third kappa shape index (κ3) is 2.31. The summed E-state index contributed by atoms with van der Waals surface area (Å²) in [7, 11) is -4.23. The number of halogens is 2. The minimum Gasteiger partial charge on any atom is -0.222 e. The van der Waals surface area contributed by atoms with Crippen LogP contribution in [-0.4, -0.2) is 13.2 Å². The van der Waals surface area contributed by atoms with Crippen molar-refractivity contribution in [2.24, 2.45) is 5.92 Å². The highest BCUT2D eigenvalue weighted by atomic mass is 32.2. The van der Waals surface area contributed by atoms with E-state index in [1.165, 1.54) is 0 Å². The van der Waals surface area contributed by atoms with E-state index in [0.717, 1.165) is 12.1 Å². The standard InChI is InChI=1S/C14H15F2NO2S/c1-10-4-6-14(9-17,7-5-10)20(18,19)13-8-11(15)2-3-12(13)16/h2-3,8,10H,4-7H2,1H3. The third-order valence-corrected chi connectivity index (χ3v) is 6.40. The van der Waals surface area contributed by atoms with Gasteiger partial charge in [0.2, 0.25) is 0 Å². The van der Waals surface area contributed by atoms with Gasteiger partial charge in [0.25, 0.3) is 0 Å². The van der Waals surface area contributed by atoms with Gasteiger partial charge in [-0.3, -0.25) is 0 Å². The predicted molar refractivity (Wildman–Crippen MR) is 69.5 cm³/mol. The Hall–Kier alpha value is -1.48. The van der Waals surface area contributed by atoms with Crippen molar-refractivity contribution in [2.45, 2.75) is 42.2 Å². The molecular weight excluding hydrogens is 284 g/mol. The van der Waals surface area contributed by atoms with Gasteiger partial charge in [0.05, 0.1) is 6.07 Å². The van der Waals surface area contributed by atoms with Gasteiger partial charge in [0.1, 0.15) is 16.5 Å². The van der Waals surface area contributed by atoms with E-state index in [4.69, 9.17) is 0 Å². The fourth-order valence-electron chi connectivity index (χ4n) is 2.56. The van der Waals surface area contributed by atoms with Crippen LogP contribution in [0.15, 0.2) is 23.1 Å². The molecule has 1 saturated carbocycles. The fraction of sp³-hybridized carbons (Fsp3) is 0.500. The van der Waals surface area contributed by atoms with Crippen molar-refractivity contribution < 1.29 is 17.2 Å². The van der Waals surface area contributed by atoms with Crippen LogP contribution in [0, 0.1) is 28.9 Å². The number of nitriles is 1. The fourth-order valence-corrected chi connectivity index (χ4v) is 4.47. The van der Waals surface area contributed by atoms with E-state index in [-0.39, 0.29) is 12.8 Å². The van der Waals surface area contributed by atoms with Gasteiger partial charge in [-0.05, 0) is 49.8 Å². The molecule has 0 atom stereocenters. The number of benzene rings is 1. The summed E-state index contributed by atoms with van der Waals surface area (Å²) >= 11 is 0. The van der Waals surface area contributed by atoms with Crippen molar-refractivity contribution >= 4 is 9.84 Å². The number of hydrogen-bond acceptors (Lipinski definition) is 3. The van der Waals surface area contributed by atoms with Crippen LogP contribution >= 0.6 is 0 Å². The highest BCUT2D eigenvalue weighted by Crippen LogP contribution is 2.41. The molecule has 0 bridgehead atoms. The predicted octanol–water partition coefficient (Wildman–Crippen LogP) is 3.21. The first-order valence-electron chi connectivity index (χ1n) is 6.43. The summed E-state index contributed by atoms with van der Waals surface area (Å²) in [6.45, 7) is 1.98. The average Bonchev–Trinajstić information content (AvgIpc) is 2.42. The zero-order valence-corrected chi connectivity index (χ0v) is 11.9. The maximum Gasteiger partial charge on any atom is 0.200 e. The largest absolute Gasteiger partial charge is 0.222 e. The Labute approximate surface area is 117 Å². The number of sulfone groups is 1. The molecule has 108 valence electrons. The molecule has 6 heteroatoms. The van der Waals surface area contributed by atoms with E-state index in [1.54, 1.807) is 0 Å². The lowest BCUT2D eigenvalue weighted by molar-refractivity contribution is 0.344.